The van der Waals surface area contributed by atoms with E-state index in [4.69, 9.17) is 4.74 Å². The molecule has 1 atom stereocenters. The molecule has 0 saturated heterocycles. The van der Waals surface area contributed by atoms with Crippen molar-refractivity contribution in [2.24, 2.45) is 0 Å². The van der Waals surface area contributed by atoms with Gasteiger partial charge in [-0.25, -0.2) is 4.79 Å². The minimum absolute atomic E-state index is 0.0484. The molecule has 2 amide bonds. The van der Waals surface area contributed by atoms with Gasteiger partial charge in [-0.05, 0) is 54.0 Å². The summed E-state index contributed by atoms with van der Waals surface area (Å²) >= 11 is 1.54. The van der Waals surface area contributed by atoms with Crippen molar-refractivity contribution < 1.29 is 24.2 Å². The molecule has 1 unspecified atom stereocenters. The molecule has 0 aliphatic carbocycles. The third-order valence-electron chi connectivity index (χ3n) is 5.99. The summed E-state index contributed by atoms with van der Waals surface area (Å²) in [6.45, 7) is 2.90. The number of aliphatic carboxylic acids is 1. The predicted octanol–water partition coefficient (Wildman–Crippen LogP) is 3.52. The van der Waals surface area contributed by atoms with Crippen molar-refractivity contribution in [2.75, 3.05) is 31.7 Å². The number of carbonyl (C=O) groups excluding carboxylic acids is 2. The highest BCUT2D eigenvalue weighted by Gasteiger charge is 2.30. The van der Waals surface area contributed by atoms with Crippen molar-refractivity contribution in [3.05, 3.63) is 76.9 Å². The van der Waals surface area contributed by atoms with Crippen LogP contribution in [0.25, 0.3) is 5.57 Å². The Morgan fingerprint density at radius 3 is 2.51 bits per heavy atom. The van der Waals surface area contributed by atoms with Crippen LogP contribution in [0, 0.1) is 6.92 Å². The van der Waals surface area contributed by atoms with Gasteiger partial charge >= 0.3 is 5.97 Å². The average Bonchev–Trinajstić information content (AvgIpc) is 2.86. The fourth-order valence-corrected chi connectivity index (χ4v) is 4.52. The molecule has 0 bridgehead atoms. The molecule has 0 saturated carbocycles. The van der Waals surface area contributed by atoms with E-state index in [1.54, 1.807) is 4.90 Å². The molecule has 35 heavy (non-hydrogen) atoms. The largest absolute Gasteiger partial charge is 0.480 e. The normalized spacial score (nSPS) is 14.5. The minimum atomic E-state index is -1.05. The fraction of sp³-hybridized carbons (Fsp3) is 0.370. The van der Waals surface area contributed by atoms with Gasteiger partial charge in [-0.15, -0.1) is 0 Å². The third kappa shape index (κ3) is 7.44. The van der Waals surface area contributed by atoms with Gasteiger partial charge in [0.15, 0.2) is 0 Å². The lowest BCUT2D eigenvalue weighted by molar-refractivity contribution is -0.141. The second kappa shape index (κ2) is 13.1. The summed E-state index contributed by atoms with van der Waals surface area (Å²) in [5.41, 5.74) is 4.14. The number of nitrogens with one attached hydrogen (secondary N) is 1. The molecule has 3 rings (SSSR count). The van der Waals surface area contributed by atoms with Gasteiger partial charge in [0.25, 0.3) is 0 Å². The average molecular weight is 497 g/mol. The minimum Gasteiger partial charge on any atom is -0.480 e. The van der Waals surface area contributed by atoms with E-state index in [1.165, 1.54) is 11.8 Å². The number of nitrogens with zero attached hydrogens (tertiary/aromatic N) is 1. The first-order chi connectivity index (χ1) is 16.9. The summed E-state index contributed by atoms with van der Waals surface area (Å²) in [7, 11) is 0. The van der Waals surface area contributed by atoms with Crippen molar-refractivity contribution in [2.45, 2.75) is 32.4 Å². The zero-order valence-corrected chi connectivity index (χ0v) is 21.0. The van der Waals surface area contributed by atoms with E-state index in [-0.39, 0.29) is 25.0 Å². The molecule has 186 valence electrons. The van der Waals surface area contributed by atoms with Gasteiger partial charge in [0.2, 0.25) is 11.8 Å². The SMILES string of the molecule is CSCCC(NC(=O)C1=C(c2ccccc2C)CN(C(=O)COCc2ccccc2)CC1)C(=O)O. The Bertz CT molecular complexity index is 1070. The smallest absolute Gasteiger partial charge is 0.326 e. The van der Waals surface area contributed by atoms with Crippen LogP contribution in [0.15, 0.2) is 60.2 Å². The van der Waals surface area contributed by atoms with Crippen molar-refractivity contribution in [1.82, 2.24) is 10.2 Å². The van der Waals surface area contributed by atoms with E-state index in [2.05, 4.69) is 5.32 Å². The van der Waals surface area contributed by atoms with Crippen molar-refractivity contribution in [1.29, 1.82) is 0 Å². The summed E-state index contributed by atoms with van der Waals surface area (Å²) in [6.07, 6.45) is 2.59. The molecular weight excluding hydrogens is 464 g/mol. The van der Waals surface area contributed by atoms with E-state index in [9.17, 15) is 19.5 Å². The molecule has 7 nitrogen and oxygen atoms in total. The van der Waals surface area contributed by atoms with E-state index in [1.807, 2.05) is 67.8 Å². The Morgan fingerprint density at radius 2 is 1.83 bits per heavy atom. The summed E-state index contributed by atoms with van der Waals surface area (Å²) in [4.78, 5) is 39.5. The molecule has 2 aromatic rings. The fourth-order valence-electron chi connectivity index (χ4n) is 4.05. The molecule has 2 aromatic carbocycles. The molecule has 0 radical (unpaired) electrons. The monoisotopic (exact) mass is 496 g/mol. The van der Waals surface area contributed by atoms with Crippen LogP contribution in [-0.4, -0.2) is 65.5 Å². The van der Waals surface area contributed by atoms with Crippen molar-refractivity contribution >= 4 is 35.1 Å². The highest BCUT2D eigenvalue weighted by molar-refractivity contribution is 7.98. The maximum atomic E-state index is 13.2. The number of thioether (sulfide) groups is 1. The van der Waals surface area contributed by atoms with Crippen LogP contribution in [0.4, 0.5) is 0 Å². The number of hydrogen-bond acceptors (Lipinski definition) is 5. The summed E-state index contributed by atoms with van der Waals surface area (Å²) in [5.74, 6) is -0.945. The van der Waals surface area contributed by atoms with Gasteiger partial charge < -0.3 is 20.1 Å². The van der Waals surface area contributed by atoms with Gasteiger partial charge in [0, 0.05) is 18.7 Å². The van der Waals surface area contributed by atoms with Crippen LogP contribution in [-0.2, 0) is 25.7 Å². The van der Waals surface area contributed by atoms with Crippen LogP contribution in [0.2, 0.25) is 0 Å². The zero-order chi connectivity index (χ0) is 25.2. The summed E-state index contributed by atoms with van der Waals surface area (Å²) in [6, 6.07) is 16.4. The van der Waals surface area contributed by atoms with Crippen LogP contribution in [0.1, 0.15) is 29.5 Å². The van der Waals surface area contributed by atoms with Gasteiger partial charge in [-0.1, -0.05) is 54.6 Å². The molecule has 1 heterocycles. The maximum Gasteiger partial charge on any atom is 0.326 e. The topological polar surface area (TPSA) is 95.9 Å². The van der Waals surface area contributed by atoms with Gasteiger partial charge in [0.05, 0.1) is 6.61 Å². The Balaban J connectivity index is 1.76. The maximum absolute atomic E-state index is 13.2. The number of aryl methyl sites for hydroxylation is 1. The van der Waals surface area contributed by atoms with E-state index < -0.39 is 12.0 Å². The number of carbonyl (C=O) groups is 3. The number of hydrogen-bond donors (Lipinski definition) is 2. The van der Waals surface area contributed by atoms with Gasteiger partial charge in [-0.3, -0.25) is 9.59 Å². The van der Waals surface area contributed by atoms with E-state index in [0.29, 0.717) is 37.3 Å². The Morgan fingerprint density at radius 1 is 1.11 bits per heavy atom. The number of amides is 2. The van der Waals surface area contributed by atoms with Crippen molar-refractivity contribution in [3.8, 4) is 0 Å². The lowest BCUT2D eigenvalue weighted by atomic mass is 9.90. The molecule has 1 aliphatic heterocycles. The quantitative estimate of drug-likeness (QED) is 0.494. The van der Waals surface area contributed by atoms with E-state index >= 15 is 0 Å². The van der Waals surface area contributed by atoms with Crippen LogP contribution in [0.3, 0.4) is 0 Å². The molecule has 0 aromatic heterocycles. The number of carboxylic acid groups (broad SMARTS) is 1. The lowest BCUT2D eigenvalue weighted by Gasteiger charge is -2.32. The highest BCUT2D eigenvalue weighted by atomic mass is 32.2. The van der Waals surface area contributed by atoms with Crippen LogP contribution < -0.4 is 5.32 Å². The number of rotatable bonds is 11. The Hall–Kier alpha value is -3.10. The molecule has 2 N–H and O–H groups in total. The lowest BCUT2D eigenvalue weighted by Crippen LogP contribution is -2.45. The first-order valence-electron chi connectivity index (χ1n) is 11.6. The summed E-state index contributed by atoms with van der Waals surface area (Å²) in [5, 5.41) is 12.2. The Kier molecular flexibility index (Phi) is 9.93. The van der Waals surface area contributed by atoms with Crippen LogP contribution >= 0.6 is 11.8 Å². The third-order valence-corrected chi connectivity index (χ3v) is 6.64. The zero-order valence-electron chi connectivity index (χ0n) is 20.2. The second-order valence-electron chi connectivity index (χ2n) is 8.46. The number of carboxylic acids is 1. The highest BCUT2D eigenvalue weighted by Crippen LogP contribution is 2.29. The van der Waals surface area contributed by atoms with E-state index in [0.717, 1.165) is 22.3 Å². The molecule has 8 heteroatoms. The standard InChI is InChI=1S/C27H32N2O5S/c1-19-8-6-7-11-21(19)23-16-29(25(30)18-34-17-20-9-4-3-5-10-20)14-12-22(23)26(31)28-24(27(32)33)13-15-35-2/h3-11,24H,12-18H2,1-2H3,(H,28,31)(H,32,33). The molecular formula is C27H32N2O5S. The first-order valence-corrected chi connectivity index (χ1v) is 13.0. The second-order valence-corrected chi connectivity index (χ2v) is 9.45. The molecule has 0 fully saturated rings. The predicted molar refractivity (Wildman–Crippen MR) is 138 cm³/mol. The first kappa shape index (κ1) is 26.5. The van der Waals surface area contributed by atoms with Gasteiger partial charge in [0.1, 0.15) is 12.6 Å². The number of benzene rings is 2. The van der Waals surface area contributed by atoms with Gasteiger partial charge in [-0.2, -0.15) is 11.8 Å². The number of ether oxygens (including phenoxy) is 1. The molecule has 1 aliphatic rings. The van der Waals surface area contributed by atoms with Crippen molar-refractivity contribution in [3.63, 3.8) is 0 Å². The molecule has 0 spiro atoms. The summed E-state index contributed by atoms with van der Waals surface area (Å²) < 4.78 is 5.64. The Labute approximate surface area is 210 Å². The van der Waals surface area contributed by atoms with Crippen LogP contribution in [0.5, 0.6) is 0 Å².